The number of halogens is 2. The Morgan fingerprint density at radius 2 is 1.82 bits per heavy atom. The van der Waals surface area contributed by atoms with E-state index in [1.165, 1.54) is 0 Å². The molecule has 0 aliphatic heterocycles. The Kier molecular flexibility index (Phi) is 3.92. The molecule has 114 valence electrons. The number of hydrogen-bond acceptors (Lipinski definition) is 2. The fraction of sp³-hybridized carbons (Fsp3) is 0.278. The maximum absolute atomic E-state index is 9.46. The Balaban J connectivity index is 2.18. The molecule has 1 N–H and O–H groups in total. The van der Waals surface area contributed by atoms with Gasteiger partial charge in [0.15, 0.2) is 0 Å². The van der Waals surface area contributed by atoms with Crippen molar-refractivity contribution in [2.24, 2.45) is 10.6 Å². The van der Waals surface area contributed by atoms with E-state index in [9.17, 15) is 5.21 Å². The van der Waals surface area contributed by atoms with Gasteiger partial charge in [-0.05, 0) is 29.7 Å². The van der Waals surface area contributed by atoms with Crippen molar-refractivity contribution in [1.29, 1.82) is 0 Å². The molecule has 0 spiro atoms. The zero-order valence-corrected chi connectivity index (χ0v) is 14.0. The number of hydrogen-bond donors (Lipinski definition) is 1. The first kappa shape index (κ1) is 15.4. The molecule has 0 saturated heterocycles. The van der Waals surface area contributed by atoms with E-state index >= 15 is 0 Å². The van der Waals surface area contributed by atoms with Crippen LogP contribution in [0.5, 0.6) is 0 Å². The van der Waals surface area contributed by atoms with E-state index in [4.69, 9.17) is 23.2 Å². The summed E-state index contributed by atoms with van der Waals surface area (Å²) in [6.07, 6.45) is 0.849. The highest BCUT2D eigenvalue weighted by Gasteiger charge is 2.38. The van der Waals surface area contributed by atoms with E-state index in [1.54, 1.807) is 0 Å². The summed E-state index contributed by atoms with van der Waals surface area (Å²) < 4.78 is 0. The fourth-order valence-electron chi connectivity index (χ4n) is 3.31. The SMILES string of the molecule is CC1(C)C[C@@H](c2ccc(Cl)c(Cl)c2)c2ccccc2C1=NO. The van der Waals surface area contributed by atoms with Gasteiger partial charge in [0.1, 0.15) is 0 Å². The molecule has 0 unspecified atom stereocenters. The van der Waals surface area contributed by atoms with Crippen LogP contribution in [0.3, 0.4) is 0 Å². The van der Waals surface area contributed by atoms with Crippen LogP contribution in [0.25, 0.3) is 0 Å². The van der Waals surface area contributed by atoms with Crippen LogP contribution >= 0.6 is 23.2 Å². The zero-order valence-electron chi connectivity index (χ0n) is 12.5. The quantitative estimate of drug-likeness (QED) is 0.524. The molecular weight excluding hydrogens is 317 g/mol. The van der Waals surface area contributed by atoms with Crippen LogP contribution in [-0.2, 0) is 0 Å². The van der Waals surface area contributed by atoms with Crippen molar-refractivity contribution in [1.82, 2.24) is 0 Å². The molecule has 0 bridgehead atoms. The largest absolute Gasteiger partial charge is 0.411 e. The van der Waals surface area contributed by atoms with E-state index in [2.05, 4.69) is 25.1 Å². The Morgan fingerprint density at radius 1 is 1.09 bits per heavy atom. The van der Waals surface area contributed by atoms with Gasteiger partial charge in [0.05, 0.1) is 15.8 Å². The first-order chi connectivity index (χ1) is 10.4. The molecule has 0 heterocycles. The minimum Gasteiger partial charge on any atom is -0.411 e. The molecule has 0 fully saturated rings. The van der Waals surface area contributed by atoms with Crippen molar-refractivity contribution in [3.8, 4) is 0 Å². The molecule has 2 aromatic carbocycles. The third-order valence-corrected chi connectivity index (χ3v) is 5.13. The minimum absolute atomic E-state index is 0.200. The molecule has 4 heteroatoms. The summed E-state index contributed by atoms with van der Waals surface area (Å²) in [6.45, 7) is 4.20. The van der Waals surface area contributed by atoms with Crippen LogP contribution in [0, 0.1) is 5.41 Å². The predicted octanol–water partition coefficient (Wildman–Crippen LogP) is 5.73. The summed E-state index contributed by atoms with van der Waals surface area (Å²) >= 11 is 12.2. The van der Waals surface area contributed by atoms with Crippen molar-refractivity contribution in [2.45, 2.75) is 26.2 Å². The van der Waals surface area contributed by atoms with Gasteiger partial charge in [-0.15, -0.1) is 0 Å². The standard InChI is InChI=1S/C18H17Cl2NO/c1-18(2)10-14(11-7-8-15(19)16(20)9-11)12-5-3-4-6-13(12)17(18)21-22/h3-9,14,22H,10H2,1-2H3/t14-/m0/s1. The molecule has 2 nitrogen and oxygen atoms in total. The molecule has 0 saturated carbocycles. The first-order valence-electron chi connectivity index (χ1n) is 7.21. The summed E-state index contributed by atoms with van der Waals surface area (Å²) in [5, 5.41) is 14.2. The predicted molar refractivity (Wildman–Crippen MR) is 91.5 cm³/mol. The Labute approximate surface area is 140 Å². The van der Waals surface area contributed by atoms with E-state index in [0.29, 0.717) is 10.0 Å². The van der Waals surface area contributed by atoms with Gasteiger partial charge in [-0.25, -0.2) is 0 Å². The highest BCUT2D eigenvalue weighted by atomic mass is 35.5. The lowest BCUT2D eigenvalue weighted by atomic mass is 9.66. The van der Waals surface area contributed by atoms with Crippen molar-refractivity contribution in [2.75, 3.05) is 0 Å². The third kappa shape index (κ3) is 2.51. The molecule has 0 aromatic heterocycles. The summed E-state index contributed by atoms with van der Waals surface area (Å²) in [6, 6.07) is 13.9. The zero-order chi connectivity index (χ0) is 15.9. The molecule has 22 heavy (non-hydrogen) atoms. The fourth-order valence-corrected chi connectivity index (χ4v) is 3.62. The smallest absolute Gasteiger partial charge is 0.0927 e. The Morgan fingerprint density at radius 3 is 2.50 bits per heavy atom. The van der Waals surface area contributed by atoms with Crippen LogP contribution in [0.4, 0.5) is 0 Å². The monoisotopic (exact) mass is 333 g/mol. The molecule has 0 radical (unpaired) electrons. The second-order valence-corrected chi connectivity index (χ2v) is 7.16. The number of oxime groups is 1. The molecule has 0 amide bonds. The summed E-state index contributed by atoms with van der Waals surface area (Å²) in [4.78, 5) is 0. The minimum atomic E-state index is -0.222. The molecule has 2 aromatic rings. The van der Waals surface area contributed by atoms with Crippen LogP contribution in [0.1, 0.15) is 42.9 Å². The number of nitrogens with zero attached hydrogens (tertiary/aromatic N) is 1. The normalized spacial score (nSPS) is 21.6. The lowest BCUT2D eigenvalue weighted by molar-refractivity contribution is 0.304. The van der Waals surface area contributed by atoms with Crippen molar-refractivity contribution >= 4 is 28.9 Å². The maximum atomic E-state index is 9.46. The van der Waals surface area contributed by atoms with Crippen molar-refractivity contribution < 1.29 is 5.21 Å². The van der Waals surface area contributed by atoms with Crippen LogP contribution in [0.15, 0.2) is 47.6 Å². The lowest BCUT2D eigenvalue weighted by Gasteiger charge is -2.37. The molecule has 3 rings (SSSR count). The average molecular weight is 334 g/mol. The maximum Gasteiger partial charge on any atom is 0.0927 e. The van der Waals surface area contributed by atoms with Gasteiger partial charge < -0.3 is 5.21 Å². The van der Waals surface area contributed by atoms with Gasteiger partial charge in [0.2, 0.25) is 0 Å². The summed E-state index contributed by atoms with van der Waals surface area (Å²) in [5.41, 5.74) is 3.80. The molecular formula is C18H17Cl2NO. The number of fused-ring (bicyclic) bond motifs is 1. The molecule has 1 aliphatic carbocycles. The van der Waals surface area contributed by atoms with Gasteiger partial charge in [-0.3, -0.25) is 0 Å². The van der Waals surface area contributed by atoms with E-state index in [-0.39, 0.29) is 11.3 Å². The first-order valence-corrected chi connectivity index (χ1v) is 7.96. The van der Waals surface area contributed by atoms with Crippen molar-refractivity contribution in [3.05, 3.63) is 69.2 Å². The second-order valence-electron chi connectivity index (χ2n) is 6.35. The van der Waals surface area contributed by atoms with Gasteiger partial charge in [-0.1, -0.05) is 72.5 Å². The van der Waals surface area contributed by atoms with E-state index < -0.39 is 0 Å². The third-order valence-electron chi connectivity index (χ3n) is 4.39. The second kappa shape index (κ2) is 5.60. The van der Waals surface area contributed by atoms with E-state index in [1.807, 2.05) is 36.4 Å². The van der Waals surface area contributed by atoms with Crippen LogP contribution in [0.2, 0.25) is 10.0 Å². The van der Waals surface area contributed by atoms with Crippen molar-refractivity contribution in [3.63, 3.8) is 0 Å². The number of benzene rings is 2. The lowest BCUT2D eigenvalue weighted by Crippen LogP contribution is -2.34. The highest BCUT2D eigenvalue weighted by molar-refractivity contribution is 6.42. The number of rotatable bonds is 1. The van der Waals surface area contributed by atoms with E-state index in [0.717, 1.165) is 28.8 Å². The van der Waals surface area contributed by atoms with Gasteiger partial charge >= 0.3 is 0 Å². The summed E-state index contributed by atoms with van der Waals surface area (Å²) in [5.74, 6) is 0.200. The summed E-state index contributed by atoms with van der Waals surface area (Å²) in [7, 11) is 0. The van der Waals surface area contributed by atoms with Gasteiger partial charge in [0, 0.05) is 16.9 Å². The van der Waals surface area contributed by atoms with Gasteiger partial charge in [-0.2, -0.15) is 0 Å². The average Bonchev–Trinajstić information content (AvgIpc) is 2.49. The Hall–Kier alpha value is -1.51. The highest BCUT2D eigenvalue weighted by Crippen LogP contribution is 2.46. The van der Waals surface area contributed by atoms with Gasteiger partial charge in [0.25, 0.3) is 0 Å². The van der Waals surface area contributed by atoms with Crippen LogP contribution in [-0.4, -0.2) is 10.9 Å². The van der Waals surface area contributed by atoms with Crippen LogP contribution < -0.4 is 0 Å². The molecule has 1 atom stereocenters. The topological polar surface area (TPSA) is 32.6 Å². The Bertz CT molecular complexity index is 753. The molecule has 1 aliphatic rings.